The molecule has 0 heterocycles. The van der Waals surface area contributed by atoms with Crippen molar-refractivity contribution in [2.75, 3.05) is 13.2 Å². The van der Waals surface area contributed by atoms with Crippen LogP contribution in [0.5, 0.6) is 0 Å². The summed E-state index contributed by atoms with van der Waals surface area (Å²) in [5, 5.41) is 8.94. The molecule has 0 aliphatic rings. The molecule has 2 unspecified atom stereocenters. The first-order valence-electron chi connectivity index (χ1n) is 3.94. The van der Waals surface area contributed by atoms with E-state index in [0.717, 1.165) is 0 Å². The van der Waals surface area contributed by atoms with E-state index in [9.17, 15) is 4.39 Å². The summed E-state index contributed by atoms with van der Waals surface area (Å²) >= 11 is 0. The van der Waals surface area contributed by atoms with Gasteiger partial charge < -0.3 is 9.84 Å². The van der Waals surface area contributed by atoms with Crippen LogP contribution < -0.4 is 0 Å². The minimum atomic E-state index is -1.21. The Morgan fingerprint density at radius 2 is 1.82 bits per heavy atom. The van der Waals surface area contributed by atoms with Crippen LogP contribution in [0.4, 0.5) is 4.39 Å². The van der Waals surface area contributed by atoms with Crippen LogP contribution in [0, 0.1) is 5.92 Å². The van der Waals surface area contributed by atoms with Crippen molar-refractivity contribution >= 4 is 0 Å². The second-order valence-corrected chi connectivity index (χ2v) is 3.18. The Morgan fingerprint density at radius 3 is 2.18 bits per heavy atom. The Labute approximate surface area is 67.4 Å². The van der Waals surface area contributed by atoms with E-state index in [2.05, 4.69) is 0 Å². The highest BCUT2D eigenvalue weighted by molar-refractivity contribution is 4.60. The second kappa shape index (κ2) is 5.49. The molecule has 0 aromatic rings. The number of ether oxygens (including phenoxy) is 1. The van der Waals surface area contributed by atoms with Gasteiger partial charge in [0.05, 0.1) is 6.61 Å². The van der Waals surface area contributed by atoms with E-state index >= 15 is 0 Å². The molecular formula is C8H17FO2. The molecule has 0 radical (unpaired) electrons. The van der Waals surface area contributed by atoms with Gasteiger partial charge in [0.1, 0.15) is 12.3 Å². The summed E-state index contributed by atoms with van der Waals surface area (Å²) < 4.78 is 17.3. The van der Waals surface area contributed by atoms with Gasteiger partial charge in [0.15, 0.2) is 0 Å². The van der Waals surface area contributed by atoms with Crippen LogP contribution in [0.3, 0.4) is 0 Å². The third kappa shape index (κ3) is 6.26. The maximum atomic E-state index is 12.3. The molecule has 2 nitrogen and oxygen atoms in total. The Balaban J connectivity index is 3.24. The van der Waals surface area contributed by atoms with Gasteiger partial charge in [-0.2, -0.15) is 0 Å². The fourth-order valence-corrected chi connectivity index (χ4v) is 0.557. The summed E-state index contributed by atoms with van der Waals surface area (Å²) in [5.41, 5.74) is 0. The first-order chi connectivity index (χ1) is 5.04. The normalized spacial score (nSPS) is 16.9. The number of rotatable bonds is 5. The van der Waals surface area contributed by atoms with Crippen molar-refractivity contribution in [2.24, 2.45) is 5.92 Å². The summed E-state index contributed by atoms with van der Waals surface area (Å²) in [4.78, 5) is 0. The van der Waals surface area contributed by atoms with Crippen molar-refractivity contribution in [2.45, 2.75) is 33.0 Å². The Kier molecular flexibility index (Phi) is 5.42. The van der Waals surface area contributed by atoms with Crippen molar-refractivity contribution in [1.29, 1.82) is 0 Å². The van der Waals surface area contributed by atoms with Gasteiger partial charge in [-0.1, -0.05) is 13.8 Å². The summed E-state index contributed by atoms with van der Waals surface area (Å²) in [6, 6.07) is 0. The highest BCUT2D eigenvalue weighted by atomic mass is 19.1. The molecular weight excluding hydrogens is 147 g/mol. The number of aliphatic hydroxyl groups is 1. The molecule has 3 heteroatoms. The number of hydrogen-bond acceptors (Lipinski definition) is 2. The summed E-state index contributed by atoms with van der Waals surface area (Å²) in [6.07, 6.45) is -2.18. The zero-order chi connectivity index (χ0) is 8.85. The predicted octanol–water partition coefficient (Wildman–Crippen LogP) is 1.38. The van der Waals surface area contributed by atoms with Crippen LogP contribution >= 0.6 is 0 Å². The van der Waals surface area contributed by atoms with Crippen LogP contribution in [0.15, 0.2) is 0 Å². The summed E-state index contributed by atoms with van der Waals surface area (Å²) in [5.74, 6) is 0.428. The average molecular weight is 164 g/mol. The average Bonchev–Trinajstić information content (AvgIpc) is 1.86. The molecule has 1 N–H and O–H groups in total. The Bertz CT molecular complexity index is 94.1. The first-order valence-corrected chi connectivity index (χ1v) is 3.94. The van der Waals surface area contributed by atoms with E-state index in [1.807, 2.05) is 13.8 Å². The van der Waals surface area contributed by atoms with Gasteiger partial charge in [0.2, 0.25) is 0 Å². The highest BCUT2D eigenvalue weighted by Gasteiger charge is 2.12. The fraction of sp³-hybridized carbons (Fsp3) is 1.00. The van der Waals surface area contributed by atoms with E-state index in [-0.39, 0.29) is 6.61 Å². The zero-order valence-corrected chi connectivity index (χ0v) is 7.38. The molecule has 2 atom stereocenters. The molecule has 0 aromatic heterocycles. The van der Waals surface area contributed by atoms with E-state index < -0.39 is 12.3 Å². The third-order valence-corrected chi connectivity index (χ3v) is 1.27. The van der Waals surface area contributed by atoms with Crippen molar-refractivity contribution in [3.8, 4) is 0 Å². The minimum absolute atomic E-state index is 0.0931. The molecule has 0 amide bonds. The van der Waals surface area contributed by atoms with Crippen molar-refractivity contribution in [3.63, 3.8) is 0 Å². The quantitative estimate of drug-likeness (QED) is 0.665. The molecule has 0 rings (SSSR count). The first kappa shape index (κ1) is 10.8. The van der Waals surface area contributed by atoms with Gasteiger partial charge in [0.25, 0.3) is 0 Å². The summed E-state index contributed by atoms with van der Waals surface area (Å²) in [6.45, 7) is 6.00. The molecule has 0 saturated carbocycles. The van der Waals surface area contributed by atoms with E-state index in [0.29, 0.717) is 12.5 Å². The lowest BCUT2D eigenvalue weighted by atomic mass is 10.2. The van der Waals surface area contributed by atoms with Crippen molar-refractivity contribution in [1.82, 2.24) is 0 Å². The van der Waals surface area contributed by atoms with Gasteiger partial charge in [-0.05, 0) is 12.8 Å². The number of halogens is 1. The van der Waals surface area contributed by atoms with Crippen LogP contribution in [-0.4, -0.2) is 30.6 Å². The van der Waals surface area contributed by atoms with Crippen LogP contribution in [0.25, 0.3) is 0 Å². The predicted molar refractivity (Wildman–Crippen MR) is 42.2 cm³/mol. The molecule has 0 aromatic carbocycles. The molecule has 0 aliphatic heterocycles. The minimum Gasteiger partial charge on any atom is -0.388 e. The van der Waals surface area contributed by atoms with Gasteiger partial charge in [-0.3, -0.25) is 0 Å². The molecule has 0 spiro atoms. The molecule has 0 fully saturated rings. The number of alkyl halides is 1. The van der Waals surface area contributed by atoms with E-state index in [4.69, 9.17) is 9.84 Å². The van der Waals surface area contributed by atoms with Gasteiger partial charge >= 0.3 is 0 Å². The SMILES string of the molecule is CC(C)COCC(O)C(C)F. The standard InChI is InChI=1S/C8H17FO2/c1-6(2)4-11-5-8(10)7(3)9/h6-8,10H,4-5H2,1-3H3. The number of aliphatic hydroxyl groups excluding tert-OH is 1. The van der Waals surface area contributed by atoms with Gasteiger partial charge in [-0.15, -0.1) is 0 Å². The monoisotopic (exact) mass is 164 g/mol. The topological polar surface area (TPSA) is 29.5 Å². The highest BCUT2D eigenvalue weighted by Crippen LogP contribution is 1.99. The lowest BCUT2D eigenvalue weighted by molar-refractivity contribution is -0.00880. The molecule has 11 heavy (non-hydrogen) atoms. The molecule has 0 saturated heterocycles. The second-order valence-electron chi connectivity index (χ2n) is 3.18. The zero-order valence-electron chi connectivity index (χ0n) is 7.38. The van der Waals surface area contributed by atoms with Crippen molar-refractivity contribution in [3.05, 3.63) is 0 Å². The lowest BCUT2D eigenvalue weighted by Gasteiger charge is -2.12. The largest absolute Gasteiger partial charge is 0.388 e. The summed E-state index contributed by atoms with van der Waals surface area (Å²) in [7, 11) is 0. The van der Waals surface area contributed by atoms with Gasteiger partial charge in [-0.25, -0.2) is 4.39 Å². The number of hydrogen-bond donors (Lipinski definition) is 1. The van der Waals surface area contributed by atoms with Crippen LogP contribution in [0.1, 0.15) is 20.8 Å². The van der Waals surface area contributed by atoms with E-state index in [1.54, 1.807) is 0 Å². The maximum absolute atomic E-state index is 12.3. The van der Waals surface area contributed by atoms with Crippen LogP contribution in [-0.2, 0) is 4.74 Å². The molecule has 0 aliphatic carbocycles. The lowest BCUT2D eigenvalue weighted by Crippen LogP contribution is -2.25. The Morgan fingerprint density at radius 1 is 1.27 bits per heavy atom. The smallest absolute Gasteiger partial charge is 0.125 e. The third-order valence-electron chi connectivity index (χ3n) is 1.27. The maximum Gasteiger partial charge on any atom is 0.125 e. The van der Waals surface area contributed by atoms with Crippen LogP contribution in [0.2, 0.25) is 0 Å². The fourth-order valence-electron chi connectivity index (χ4n) is 0.557. The molecule has 0 bridgehead atoms. The van der Waals surface area contributed by atoms with Gasteiger partial charge in [0, 0.05) is 6.61 Å². The van der Waals surface area contributed by atoms with E-state index in [1.165, 1.54) is 6.92 Å². The molecule has 68 valence electrons. The van der Waals surface area contributed by atoms with Crippen molar-refractivity contribution < 1.29 is 14.2 Å². The Hall–Kier alpha value is -0.150.